The third kappa shape index (κ3) is 3.01. The van der Waals surface area contributed by atoms with Crippen LogP contribution in [0.3, 0.4) is 0 Å². The van der Waals surface area contributed by atoms with Crippen molar-refractivity contribution in [2.24, 2.45) is 11.3 Å². The maximum absolute atomic E-state index is 9.74. The highest BCUT2D eigenvalue weighted by Crippen LogP contribution is 2.34. The number of nitrogens with zero attached hydrogens (tertiary/aromatic N) is 1. The molecule has 2 heterocycles. The smallest absolute Gasteiger partial charge is 0.0501 e. The zero-order valence-corrected chi connectivity index (χ0v) is 11.3. The molecule has 0 bridgehead atoms. The van der Waals surface area contributed by atoms with Crippen LogP contribution in [0.2, 0.25) is 0 Å². The summed E-state index contributed by atoms with van der Waals surface area (Å²) in [4.78, 5) is 2.59. The van der Waals surface area contributed by atoms with Gasteiger partial charge >= 0.3 is 0 Å². The Kier molecular flexibility index (Phi) is 4.45. The number of hydrogen-bond acceptors (Lipinski definition) is 3. The van der Waals surface area contributed by atoms with Gasteiger partial charge in [-0.25, -0.2) is 0 Å². The first-order valence-electron chi connectivity index (χ1n) is 7.09. The summed E-state index contributed by atoms with van der Waals surface area (Å²) in [6, 6.07) is 0.662. The molecule has 0 saturated carbocycles. The van der Waals surface area contributed by atoms with Gasteiger partial charge in [0.05, 0.1) is 6.61 Å². The van der Waals surface area contributed by atoms with E-state index in [1.54, 1.807) is 0 Å². The van der Waals surface area contributed by atoms with Crippen molar-refractivity contribution in [1.82, 2.24) is 4.90 Å². The van der Waals surface area contributed by atoms with Crippen molar-refractivity contribution in [3.8, 4) is 0 Å². The van der Waals surface area contributed by atoms with Crippen LogP contribution in [-0.4, -0.2) is 49.0 Å². The average Bonchev–Trinajstić information content (AvgIpc) is 2.36. The van der Waals surface area contributed by atoms with Crippen molar-refractivity contribution in [3.63, 3.8) is 0 Å². The van der Waals surface area contributed by atoms with Gasteiger partial charge < -0.3 is 9.84 Å². The van der Waals surface area contributed by atoms with Crippen molar-refractivity contribution >= 4 is 0 Å². The van der Waals surface area contributed by atoms with Crippen LogP contribution in [0.15, 0.2) is 0 Å². The number of aliphatic hydroxyl groups excluding tert-OH is 1. The SMILES string of the molecule is CC1CCCN(CC2(CO)CCOCC2)C1C. The molecule has 1 N–H and O–H groups in total. The normalized spacial score (nSPS) is 34.8. The Balaban J connectivity index is 1.97. The van der Waals surface area contributed by atoms with Crippen LogP contribution in [0.1, 0.15) is 39.5 Å². The lowest BCUT2D eigenvalue weighted by Gasteiger charge is -2.45. The first-order chi connectivity index (χ1) is 8.17. The third-order valence-corrected chi connectivity index (χ3v) is 4.93. The Bertz CT molecular complexity index is 238. The molecule has 100 valence electrons. The second kappa shape index (κ2) is 5.68. The summed E-state index contributed by atoms with van der Waals surface area (Å²) in [7, 11) is 0. The fraction of sp³-hybridized carbons (Fsp3) is 1.00. The number of hydrogen-bond donors (Lipinski definition) is 1. The van der Waals surface area contributed by atoms with E-state index < -0.39 is 0 Å². The van der Waals surface area contributed by atoms with Crippen LogP contribution in [-0.2, 0) is 4.74 Å². The van der Waals surface area contributed by atoms with Crippen molar-refractivity contribution < 1.29 is 9.84 Å². The Morgan fingerprint density at radius 2 is 2.00 bits per heavy atom. The van der Waals surface area contributed by atoms with Gasteiger partial charge in [0.1, 0.15) is 0 Å². The van der Waals surface area contributed by atoms with Gasteiger partial charge in [-0.05, 0) is 45.1 Å². The Morgan fingerprint density at radius 1 is 1.29 bits per heavy atom. The van der Waals surface area contributed by atoms with Crippen LogP contribution >= 0.6 is 0 Å². The van der Waals surface area contributed by atoms with Crippen LogP contribution in [0, 0.1) is 11.3 Å². The largest absolute Gasteiger partial charge is 0.396 e. The van der Waals surface area contributed by atoms with E-state index >= 15 is 0 Å². The average molecular weight is 241 g/mol. The maximum atomic E-state index is 9.74. The first kappa shape index (κ1) is 13.3. The van der Waals surface area contributed by atoms with Crippen LogP contribution in [0.25, 0.3) is 0 Å². The van der Waals surface area contributed by atoms with E-state index in [0.29, 0.717) is 12.6 Å². The molecule has 0 radical (unpaired) electrons. The lowest BCUT2D eigenvalue weighted by Crippen LogP contribution is -2.50. The predicted molar refractivity (Wildman–Crippen MR) is 69.0 cm³/mol. The second-order valence-electron chi connectivity index (χ2n) is 6.10. The zero-order valence-electron chi connectivity index (χ0n) is 11.3. The molecule has 0 spiro atoms. The Hall–Kier alpha value is -0.120. The number of rotatable bonds is 3. The molecule has 0 aromatic heterocycles. The van der Waals surface area contributed by atoms with E-state index in [9.17, 15) is 5.11 Å². The van der Waals surface area contributed by atoms with Gasteiger partial charge in [0.15, 0.2) is 0 Å². The van der Waals surface area contributed by atoms with Gasteiger partial charge in [-0.1, -0.05) is 6.92 Å². The summed E-state index contributed by atoms with van der Waals surface area (Å²) in [6.07, 6.45) is 4.69. The molecule has 2 atom stereocenters. The monoisotopic (exact) mass is 241 g/mol. The lowest BCUT2D eigenvalue weighted by molar-refractivity contribution is -0.0484. The van der Waals surface area contributed by atoms with E-state index in [0.717, 1.165) is 38.5 Å². The molecule has 2 rings (SSSR count). The molecule has 2 aliphatic heterocycles. The fourth-order valence-corrected chi connectivity index (χ4v) is 3.25. The molecular formula is C14H27NO2. The van der Waals surface area contributed by atoms with E-state index in [1.807, 2.05) is 0 Å². The molecule has 2 fully saturated rings. The molecule has 2 unspecified atom stereocenters. The molecule has 0 aromatic rings. The van der Waals surface area contributed by atoms with Crippen molar-refractivity contribution in [2.75, 3.05) is 32.9 Å². The van der Waals surface area contributed by atoms with E-state index in [4.69, 9.17) is 4.74 Å². The summed E-state index contributed by atoms with van der Waals surface area (Å²) in [5.41, 5.74) is 0.101. The number of ether oxygens (including phenoxy) is 1. The molecule has 17 heavy (non-hydrogen) atoms. The van der Waals surface area contributed by atoms with E-state index in [2.05, 4.69) is 18.7 Å². The number of likely N-dealkylation sites (tertiary alicyclic amines) is 1. The van der Waals surface area contributed by atoms with Gasteiger partial charge in [0, 0.05) is 31.2 Å². The van der Waals surface area contributed by atoms with E-state index in [-0.39, 0.29) is 5.41 Å². The summed E-state index contributed by atoms with van der Waals surface area (Å²) in [6.45, 7) is 8.90. The second-order valence-corrected chi connectivity index (χ2v) is 6.10. The Morgan fingerprint density at radius 3 is 2.65 bits per heavy atom. The molecule has 0 amide bonds. The van der Waals surface area contributed by atoms with Crippen LogP contribution in [0.4, 0.5) is 0 Å². The minimum absolute atomic E-state index is 0.101. The number of aliphatic hydroxyl groups is 1. The van der Waals surface area contributed by atoms with Crippen molar-refractivity contribution in [3.05, 3.63) is 0 Å². The van der Waals surface area contributed by atoms with Crippen LogP contribution < -0.4 is 0 Å². The molecule has 0 aromatic carbocycles. The highest BCUT2D eigenvalue weighted by atomic mass is 16.5. The molecule has 2 saturated heterocycles. The predicted octanol–water partition coefficient (Wildman–Crippen LogP) is 1.90. The zero-order chi connectivity index (χ0) is 12.3. The first-order valence-corrected chi connectivity index (χ1v) is 7.09. The summed E-state index contributed by atoms with van der Waals surface area (Å²) < 4.78 is 5.43. The van der Waals surface area contributed by atoms with Crippen molar-refractivity contribution in [2.45, 2.75) is 45.6 Å². The fourth-order valence-electron chi connectivity index (χ4n) is 3.25. The summed E-state index contributed by atoms with van der Waals surface area (Å²) >= 11 is 0. The standard InChI is InChI=1S/C14H27NO2/c1-12-4-3-7-15(13(12)2)10-14(11-16)5-8-17-9-6-14/h12-13,16H,3-11H2,1-2H3. The third-order valence-electron chi connectivity index (χ3n) is 4.93. The number of piperidine rings is 1. The molecule has 3 heteroatoms. The van der Waals surface area contributed by atoms with Crippen LogP contribution in [0.5, 0.6) is 0 Å². The highest BCUT2D eigenvalue weighted by molar-refractivity contribution is 4.88. The lowest BCUT2D eigenvalue weighted by atomic mass is 9.79. The molecule has 0 aliphatic carbocycles. The molecule has 2 aliphatic rings. The van der Waals surface area contributed by atoms with Gasteiger partial charge in [-0.2, -0.15) is 0 Å². The summed E-state index contributed by atoms with van der Waals surface area (Å²) in [5.74, 6) is 0.791. The minimum Gasteiger partial charge on any atom is -0.396 e. The maximum Gasteiger partial charge on any atom is 0.0501 e. The molecular weight excluding hydrogens is 214 g/mol. The van der Waals surface area contributed by atoms with Gasteiger partial charge in [0.2, 0.25) is 0 Å². The highest BCUT2D eigenvalue weighted by Gasteiger charge is 2.36. The van der Waals surface area contributed by atoms with Crippen molar-refractivity contribution in [1.29, 1.82) is 0 Å². The quantitative estimate of drug-likeness (QED) is 0.819. The minimum atomic E-state index is 0.101. The molecule has 3 nitrogen and oxygen atoms in total. The van der Waals surface area contributed by atoms with Gasteiger partial charge in [-0.3, -0.25) is 4.90 Å². The van der Waals surface area contributed by atoms with E-state index in [1.165, 1.54) is 19.4 Å². The van der Waals surface area contributed by atoms with Gasteiger partial charge in [0.25, 0.3) is 0 Å². The van der Waals surface area contributed by atoms with Gasteiger partial charge in [-0.15, -0.1) is 0 Å². The Labute approximate surface area is 105 Å². The summed E-state index contributed by atoms with van der Waals surface area (Å²) in [5, 5.41) is 9.74. The topological polar surface area (TPSA) is 32.7 Å².